The molecule has 1 atom stereocenters. The van der Waals surface area contributed by atoms with Crippen LogP contribution in [-0.2, 0) is 0 Å². The highest BCUT2D eigenvalue weighted by atomic mass is 32.1. The number of likely N-dealkylation sites (tertiary alicyclic amines) is 1. The number of rotatable bonds is 5. The van der Waals surface area contributed by atoms with E-state index in [0.717, 1.165) is 31.1 Å². The van der Waals surface area contributed by atoms with Gasteiger partial charge in [0.15, 0.2) is 5.13 Å². The predicted octanol–water partition coefficient (Wildman–Crippen LogP) is 1.47. The fourth-order valence-electron chi connectivity index (χ4n) is 2.79. The molecule has 1 aliphatic carbocycles. The number of hydrogen-bond acceptors (Lipinski definition) is 6. The molecule has 2 fully saturated rings. The summed E-state index contributed by atoms with van der Waals surface area (Å²) < 4.78 is 0. The predicted molar refractivity (Wildman–Crippen MR) is 85.8 cm³/mol. The van der Waals surface area contributed by atoms with Gasteiger partial charge in [-0.25, -0.2) is 4.98 Å². The van der Waals surface area contributed by atoms with Crippen molar-refractivity contribution in [3.8, 4) is 0 Å². The molecule has 1 saturated carbocycles. The minimum atomic E-state index is 0.0400. The van der Waals surface area contributed by atoms with Gasteiger partial charge in [-0.1, -0.05) is 11.3 Å². The first kappa shape index (κ1) is 14.6. The van der Waals surface area contributed by atoms with Crippen LogP contribution in [0.15, 0.2) is 0 Å². The van der Waals surface area contributed by atoms with Crippen LogP contribution in [0.3, 0.4) is 0 Å². The summed E-state index contributed by atoms with van der Waals surface area (Å²) in [7, 11) is 4.08. The molecule has 1 aromatic rings. The van der Waals surface area contributed by atoms with Crippen molar-refractivity contribution in [2.24, 2.45) is 0 Å². The molecule has 0 spiro atoms. The largest absolute Gasteiger partial charge is 0.382 e. The Kier molecular flexibility index (Phi) is 4.03. The lowest BCUT2D eigenvalue weighted by atomic mass is 10.2. The standard InChI is InChI=1S/C14H23N5OS/c1-18(2)8-10-4-3-7-19(10)13(20)11-12(15)17-14(21-11)16-9-5-6-9/h9-10H,3-8,15H2,1-2H3,(H,16,17). The molecule has 6 nitrogen and oxygen atoms in total. The fourth-order valence-corrected chi connectivity index (χ4v) is 3.71. The van der Waals surface area contributed by atoms with E-state index in [1.165, 1.54) is 24.2 Å². The number of nitrogens with zero attached hydrogens (tertiary/aromatic N) is 3. The van der Waals surface area contributed by atoms with E-state index in [9.17, 15) is 4.79 Å². The minimum Gasteiger partial charge on any atom is -0.382 e. The van der Waals surface area contributed by atoms with Gasteiger partial charge in [0, 0.05) is 25.2 Å². The molecule has 0 aromatic carbocycles. The second kappa shape index (κ2) is 5.81. The molecule has 1 aliphatic heterocycles. The smallest absolute Gasteiger partial charge is 0.268 e. The molecule has 116 valence electrons. The van der Waals surface area contributed by atoms with Gasteiger partial charge in [0.1, 0.15) is 10.7 Å². The quantitative estimate of drug-likeness (QED) is 0.861. The van der Waals surface area contributed by atoms with Crippen molar-refractivity contribution in [1.82, 2.24) is 14.8 Å². The molecular weight excluding hydrogens is 286 g/mol. The lowest BCUT2D eigenvalue weighted by Gasteiger charge is -2.26. The number of nitrogens with two attached hydrogens (primary N) is 1. The highest BCUT2D eigenvalue weighted by Gasteiger charge is 2.32. The Hall–Kier alpha value is -1.34. The van der Waals surface area contributed by atoms with E-state index in [1.807, 2.05) is 19.0 Å². The summed E-state index contributed by atoms with van der Waals surface area (Å²) in [5.41, 5.74) is 5.95. The summed E-state index contributed by atoms with van der Waals surface area (Å²) in [5.74, 6) is 0.404. The first-order valence-corrected chi connectivity index (χ1v) is 8.35. The molecule has 1 unspecified atom stereocenters. The van der Waals surface area contributed by atoms with Crippen LogP contribution in [0.2, 0.25) is 0 Å². The van der Waals surface area contributed by atoms with E-state index in [0.29, 0.717) is 16.7 Å². The second-order valence-corrected chi connectivity index (χ2v) is 7.21. The Morgan fingerprint density at radius 2 is 2.24 bits per heavy atom. The number of aromatic nitrogens is 1. The maximum atomic E-state index is 12.7. The SMILES string of the molecule is CN(C)CC1CCCN1C(=O)c1sc(NC2CC2)nc1N. The Balaban J connectivity index is 1.72. The van der Waals surface area contributed by atoms with Crippen LogP contribution in [0.5, 0.6) is 0 Å². The van der Waals surface area contributed by atoms with Gasteiger partial charge in [-0.3, -0.25) is 4.79 Å². The van der Waals surface area contributed by atoms with Gasteiger partial charge >= 0.3 is 0 Å². The topological polar surface area (TPSA) is 74.5 Å². The van der Waals surface area contributed by atoms with Crippen LogP contribution < -0.4 is 11.1 Å². The number of thiazole rings is 1. The van der Waals surface area contributed by atoms with Gasteiger partial charge in [-0.15, -0.1) is 0 Å². The van der Waals surface area contributed by atoms with E-state index >= 15 is 0 Å². The van der Waals surface area contributed by atoms with Gasteiger partial charge in [0.2, 0.25) is 0 Å². The van der Waals surface area contributed by atoms with Crippen molar-refractivity contribution in [1.29, 1.82) is 0 Å². The molecule has 3 N–H and O–H groups in total. The zero-order valence-corrected chi connectivity index (χ0v) is 13.4. The minimum absolute atomic E-state index is 0.0400. The zero-order chi connectivity index (χ0) is 15.0. The van der Waals surface area contributed by atoms with Crippen LogP contribution >= 0.6 is 11.3 Å². The third-order valence-electron chi connectivity index (χ3n) is 3.97. The molecule has 0 bridgehead atoms. The number of nitrogen functional groups attached to an aromatic ring is 1. The van der Waals surface area contributed by atoms with E-state index in [-0.39, 0.29) is 11.9 Å². The van der Waals surface area contributed by atoms with Crippen LogP contribution in [0, 0.1) is 0 Å². The first-order chi connectivity index (χ1) is 10.0. The van der Waals surface area contributed by atoms with Crippen molar-refractivity contribution < 1.29 is 4.79 Å². The molecule has 7 heteroatoms. The Labute approximate surface area is 129 Å². The van der Waals surface area contributed by atoms with E-state index in [1.54, 1.807) is 0 Å². The third-order valence-corrected chi connectivity index (χ3v) is 4.96. The average molecular weight is 309 g/mol. The van der Waals surface area contributed by atoms with Gasteiger partial charge in [-0.05, 0) is 39.8 Å². The molecule has 1 aromatic heterocycles. The second-order valence-electron chi connectivity index (χ2n) is 6.21. The van der Waals surface area contributed by atoms with Crippen LogP contribution in [0.25, 0.3) is 0 Å². The third kappa shape index (κ3) is 3.29. The van der Waals surface area contributed by atoms with Crippen LogP contribution in [-0.4, -0.2) is 60.0 Å². The number of carbonyl (C=O) groups excluding carboxylic acids is 1. The van der Waals surface area contributed by atoms with E-state index < -0.39 is 0 Å². The number of nitrogens with one attached hydrogen (secondary N) is 1. The van der Waals surface area contributed by atoms with Gasteiger partial charge in [0.25, 0.3) is 5.91 Å². The highest BCUT2D eigenvalue weighted by molar-refractivity contribution is 7.18. The van der Waals surface area contributed by atoms with Gasteiger partial charge in [0.05, 0.1) is 0 Å². The number of amides is 1. The van der Waals surface area contributed by atoms with E-state index in [2.05, 4.69) is 15.2 Å². The summed E-state index contributed by atoms with van der Waals surface area (Å²) in [6, 6.07) is 0.806. The summed E-state index contributed by atoms with van der Waals surface area (Å²) in [6.45, 7) is 1.72. The van der Waals surface area contributed by atoms with Crippen molar-refractivity contribution >= 4 is 28.2 Å². The first-order valence-electron chi connectivity index (χ1n) is 7.53. The van der Waals surface area contributed by atoms with Gasteiger partial charge in [-0.2, -0.15) is 0 Å². The Morgan fingerprint density at radius 1 is 1.48 bits per heavy atom. The molecule has 2 aliphatic rings. The molecule has 21 heavy (non-hydrogen) atoms. The monoisotopic (exact) mass is 309 g/mol. The maximum Gasteiger partial charge on any atom is 0.268 e. The Morgan fingerprint density at radius 3 is 2.90 bits per heavy atom. The summed E-state index contributed by atoms with van der Waals surface area (Å²) >= 11 is 1.39. The molecular formula is C14H23N5OS. The van der Waals surface area contributed by atoms with E-state index in [4.69, 9.17) is 5.73 Å². The van der Waals surface area contributed by atoms with Crippen molar-refractivity contribution in [3.05, 3.63) is 4.88 Å². The van der Waals surface area contributed by atoms with Crippen molar-refractivity contribution in [3.63, 3.8) is 0 Å². The lowest BCUT2D eigenvalue weighted by Crippen LogP contribution is -2.41. The molecule has 1 amide bonds. The van der Waals surface area contributed by atoms with Crippen molar-refractivity contribution in [2.75, 3.05) is 38.2 Å². The molecule has 3 rings (SSSR count). The molecule has 2 heterocycles. The van der Waals surface area contributed by atoms with Crippen LogP contribution in [0.4, 0.5) is 10.9 Å². The summed E-state index contributed by atoms with van der Waals surface area (Å²) in [6.07, 6.45) is 4.49. The average Bonchev–Trinajstić information content (AvgIpc) is 2.97. The summed E-state index contributed by atoms with van der Waals surface area (Å²) in [4.78, 5) is 21.7. The lowest BCUT2D eigenvalue weighted by molar-refractivity contribution is 0.0722. The number of anilines is 2. The van der Waals surface area contributed by atoms with Crippen molar-refractivity contribution in [2.45, 2.75) is 37.8 Å². The maximum absolute atomic E-state index is 12.7. The number of likely N-dealkylation sites (N-methyl/N-ethyl adjacent to an activating group) is 1. The zero-order valence-electron chi connectivity index (χ0n) is 12.6. The van der Waals surface area contributed by atoms with Gasteiger partial charge < -0.3 is 20.9 Å². The number of hydrogen-bond donors (Lipinski definition) is 2. The molecule has 0 radical (unpaired) electrons. The van der Waals surface area contributed by atoms with Crippen LogP contribution in [0.1, 0.15) is 35.4 Å². The fraction of sp³-hybridized carbons (Fsp3) is 0.714. The highest BCUT2D eigenvalue weighted by Crippen LogP contribution is 2.32. The Bertz CT molecular complexity index is 525. The normalized spacial score (nSPS) is 22.0. The number of carbonyl (C=O) groups is 1. The summed E-state index contributed by atoms with van der Waals surface area (Å²) in [5, 5.41) is 4.09. The molecule has 1 saturated heterocycles.